The number of allylic oxidation sites excluding steroid dienone is 5. The van der Waals surface area contributed by atoms with Gasteiger partial charge in [-0.05, 0) is 47.9 Å². The fourth-order valence-electron chi connectivity index (χ4n) is 4.58. The first-order chi connectivity index (χ1) is 20.1. The fourth-order valence-corrected chi connectivity index (χ4v) is 4.75. The van der Waals surface area contributed by atoms with Gasteiger partial charge in [0.15, 0.2) is 5.75 Å². The smallest absolute Gasteiger partial charge is 0.870 e. The summed E-state index contributed by atoms with van der Waals surface area (Å²) in [4.78, 5) is 19.7. The molecule has 4 aromatic rings. The van der Waals surface area contributed by atoms with Crippen molar-refractivity contribution in [2.45, 2.75) is 19.8 Å². The van der Waals surface area contributed by atoms with Crippen molar-refractivity contribution >= 4 is 45.5 Å². The molecule has 0 fully saturated rings. The monoisotopic (exact) mass is 606 g/mol. The fraction of sp³-hybridized carbons (Fsp3) is 0.152. The van der Waals surface area contributed by atoms with Crippen LogP contribution in [0.4, 0.5) is 5.69 Å². The van der Waals surface area contributed by atoms with Crippen LogP contribution in [0.5, 0.6) is 5.75 Å². The van der Waals surface area contributed by atoms with Gasteiger partial charge in [0.2, 0.25) is 11.8 Å². The van der Waals surface area contributed by atoms with Gasteiger partial charge in [0.25, 0.3) is 0 Å². The van der Waals surface area contributed by atoms with Gasteiger partial charge in [-0.15, -0.1) is 12.1 Å². The van der Waals surface area contributed by atoms with Crippen LogP contribution in [0.25, 0.3) is 22.2 Å². The molecule has 0 spiro atoms. The number of fused-ring (bicyclic) bond motifs is 2. The van der Waals surface area contributed by atoms with Crippen LogP contribution in [-0.2, 0) is 9.53 Å². The molecule has 10 heteroatoms. The van der Waals surface area contributed by atoms with Gasteiger partial charge < -0.3 is 29.4 Å². The van der Waals surface area contributed by atoms with E-state index in [1.165, 1.54) is 0 Å². The van der Waals surface area contributed by atoms with E-state index in [1.807, 2.05) is 66.8 Å². The van der Waals surface area contributed by atoms with Gasteiger partial charge in [0.1, 0.15) is 11.3 Å². The van der Waals surface area contributed by atoms with E-state index < -0.39 is 5.97 Å². The van der Waals surface area contributed by atoms with Gasteiger partial charge in [-0.2, -0.15) is 19.2 Å². The second kappa shape index (κ2) is 15.7. The van der Waals surface area contributed by atoms with Crippen molar-refractivity contribution in [1.82, 2.24) is 4.98 Å². The van der Waals surface area contributed by atoms with E-state index in [0.717, 1.165) is 43.5 Å². The first kappa shape index (κ1) is 33.9. The molecule has 1 N–H and O–H groups in total. The number of hydrogen-bond acceptors (Lipinski definition) is 8. The van der Waals surface area contributed by atoms with Gasteiger partial charge in [-0.1, -0.05) is 67.4 Å². The zero-order valence-corrected chi connectivity index (χ0v) is 26.8. The molecule has 0 atom stereocenters. The summed E-state index contributed by atoms with van der Waals surface area (Å²) in [5.41, 5.74) is 3.88. The molecule has 6 rings (SSSR count). The standard InChI is InChI=1S/C32H24ClN2O4.CH3O.Na.H2O/c1-2-3-19-35-24-20-22(33)17-18-26(24)37-28(35)16-10-9-15-27-29(21-11-5-4-6-12-21)30(32(36)39-27)31-34-23-13-7-8-14-25(23)38-31;1-2;;/h4-6,8-18,20H,2-3,19H2,1H3;1H3;;1H2/q2*-1;+1;/p-1/b10-9+,27-15?,28-16-;;;. The van der Waals surface area contributed by atoms with E-state index in [2.05, 4.69) is 22.9 Å². The van der Waals surface area contributed by atoms with Crippen LogP contribution in [0.3, 0.4) is 0 Å². The molecular weight excluding hydrogens is 579 g/mol. The van der Waals surface area contributed by atoms with Crippen molar-refractivity contribution in [1.29, 1.82) is 0 Å². The van der Waals surface area contributed by atoms with Gasteiger partial charge in [0, 0.05) is 22.7 Å². The summed E-state index contributed by atoms with van der Waals surface area (Å²) in [5.74, 6) is 1.59. The van der Waals surface area contributed by atoms with Gasteiger partial charge >= 0.3 is 35.5 Å². The Morgan fingerprint density at radius 2 is 1.79 bits per heavy atom. The third kappa shape index (κ3) is 7.30. The molecule has 0 saturated carbocycles. The molecule has 3 heterocycles. The van der Waals surface area contributed by atoms with Crippen LogP contribution in [0, 0.1) is 6.07 Å². The number of aromatic nitrogens is 1. The third-order valence-electron chi connectivity index (χ3n) is 6.44. The van der Waals surface area contributed by atoms with Crippen LogP contribution in [0.1, 0.15) is 31.2 Å². The quantitative estimate of drug-likeness (QED) is 0.178. The molecule has 0 amide bonds. The largest absolute Gasteiger partial charge is 1.00 e. The Labute approximate surface area is 277 Å². The maximum Gasteiger partial charge on any atom is 1.00 e. The number of carbonyl (C=O) groups is 1. The number of nitrogens with zero attached hydrogens (tertiary/aromatic N) is 2. The predicted octanol–water partition coefficient (Wildman–Crippen LogP) is 3.53. The van der Waals surface area contributed by atoms with Crippen LogP contribution < -0.4 is 44.3 Å². The third-order valence-corrected chi connectivity index (χ3v) is 6.67. The van der Waals surface area contributed by atoms with Crippen LogP contribution >= 0.6 is 11.6 Å². The first-order valence-corrected chi connectivity index (χ1v) is 13.5. The van der Waals surface area contributed by atoms with Crippen molar-refractivity contribution in [3.8, 4) is 5.75 Å². The minimum atomic E-state index is -0.514. The van der Waals surface area contributed by atoms with Crippen molar-refractivity contribution in [3.05, 3.63) is 125 Å². The number of halogens is 1. The Morgan fingerprint density at radius 3 is 2.53 bits per heavy atom. The topological polar surface area (TPSA) is 118 Å². The van der Waals surface area contributed by atoms with Gasteiger partial charge in [-0.25, -0.2) is 4.79 Å². The van der Waals surface area contributed by atoms with E-state index in [4.69, 9.17) is 30.6 Å². The Morgan fingerprint density at radius 1 is 1.02 bits per heavy atom. The van der Waals surface area contributed by atoms with Crippen molar-refractivity contribution in [2.24, 2.45) is 0 Å². The number of ether oxygens (including phenoxy) is 2. The molecular formula is C33H28ClN2NaO6-2. The number of benzene rings is 3. The van der Waals surface area contributed by atoms with E-state index in [9.17, 15) is 4.79 Å². The van der Waals surface area contributed by atoms with E-state index >= 15 is 0 Å². The second-order valence-electron chi connectivity index (χ2n) is 9.06. The number of hydrogen-bond donors (Lipinski definition) is 0. The summed E-state index contributed by atoms with van der Waals surface area (Å²) in [6, 6.07) is 23.4. The van der Waals surface area contributed by atoms with E-state index in [-0.39, 0.29) is 46.5 Å². The first-order valence-electron chi connectivity index (χ1n) is 13.2. The molecule has 216 valence electrons. The number of carbonyl (C=O) groups excluding carboxylic acids is 1. The number of rotatable bonds is 7. The van der Waals surface area contributed by atoms with Crippen molar-refractivity contribution in [3.63, 3.8) is 0 Å². The number of anilines is 1. The second-order valence-corrected chi connectivity index (χ2v) is 9.49. The van der Waals surface area contributed by atoms with Crippen LogP contribution in [0.15, 0.2) is 107 Å². The molecule has 43 heavy (non-hydrogen) atoms. The zero-order chi connectivity index (χ0) is 28.8. The summed E-state index contributed by atoms with van der Waals surface area (Å²) < 4.78 is 17.7. The maximum absolute atomic E-state index is 13.1. The summed E-state index contributed by atoms with van der Waals surface area (Å²) in [5, 5.41) is 8.91. The number of esters is 1. The summed E-state index contributed by atoms with van der Waals surface area (Å²) in [6.45, 7) is 2.97. The molecule has 0 unspecified atom stereocenters. The van der Waals surface area contributed by atoms with Crippen LogP contribution in [0.2, 0.25) is 5.02 Å². The Balaban J connectivity index is 0.00000124. The maximum atomic E-state index is 13.1. The normalized spacial score (nSPS) is 15.6. The van der Waals surface area contributed by atoms with Crippen LogP contribution in [-0.4, -0.2) is 30.1 Å². The summed E-state index contributed by atoms with van der Waals surface area (Å²) in [7, 11) is 0.750. The average Bonchev–Trinajstić information content (AvgIpc) is 3.68. The SMILES string of the molecule is CCCCN1/C(=C/C=C/C=C2OC(=O)C(c3nc4c[c-]ccc4o3)=C2c2ccccc2)Oc2ccc(Cl)cc21.C[O-].[Na+].[OH-]. The predicted molar refractivity (Wildman–Crippen MR) is 160 cm³/mol. The van der Waals surface area contributed by atoms with E-state index in [1.54, 1.807) is 24.3 Å². The van der Waals surface area contributed by atoms with Gasteiger partial charge in [0.05, 0.1) is 5.69 Å². The Kier molecular flexibility index (Phi) is 12.4. The Bertz CT molecular complexity index is 1660. The molecule has 8 nitrogen and oxygen atoms in total. The minimum Gasteiger partial charge on any atom is -0.870 e. The molecule has 0 saturated heterocycles. The van der Waals surface area contributed by atoms with Gasteiger partial charge in [-0.3, -0.25) is 4.98 Å². The van der Waals surface area contributed by atoms with Crippen molar-refractivity contribution in [2.75, 3.05) is 18.6 Å². The number of oxazole rings is 1. The van der Waals surface area contributed by atoms with Crippen molar-refractivity contribution < 1.29 is 58.8 Å². The molecule has 0 bridgehead atoms. The Hall–Kier alpha value is -3.63. The molecule has 0 aliphatic carbocycles. The minimum absolute atomic E-state index is 0. The molecule has 2 aliphatic heterocycles. The molecule has 3 aromatic carbocycles. The number of unbranched alkanes of at least 4 members (excludes halogenated alkanes) is 1. The van der Waals surface area contributed by atoms with E-state index in [0.29, 0.717) is 33.3 Å². The average molecular weight is 607 g/mol. The zero-order valence-electron chi connectivity index (χ0n) is 24.0. The summed E-state index contributed by atoms with van der Waals surface area (Å²) >= 11 is 6.24. The molecule has 1 aromatic heterocycles. The summed E-state index contributed by atoms with van der Waals surface area (Å²) in [6.07, 6.45) is 9.40. The molecule has 2 aliphatic rings. The number of cyclic esters (lactones) is 1. The molecule has 0 radical (unpaired) electrons.